The molecule has 1 amide bonds. The summed E-state index contributed by atoms with van der Waals surface area (Å²) in [6.07, 6.45) is -0.325. The Kier molecular flexibility index (Phi) is 9.50. The molecule has 1 unspecified atom stereocenters. The van der Waals surface area contributed by atoms with Crippen molar-refractivity contribution < 1.29 is 36.4 Å². The molecular weight excluding hydrogens is 292 g/mol. The molecule has 1 atom stereocenters. The van der Waals surface area contributed by atoms with Gasteiger partial charge in [-0.05, 0) is 17.7 Å². The Bertz CT molecular complexity index is 396. The van der Waals surface area contributed by atoms with E-state index < -0.39 is 6.10 Å². The van der Waals surface area contributed by atoms with Crippen LogP contribution < -0.4 is 15.8 Å². The third-order valence-electron chi connectivity index (χ3n) is 2.51. The molecule has 0 saturated heterocycles. The summed E-state index contributed by atoms with van der Waals surface area (Å²) in [6.45, 7) is 4.77. The molecule has 0 fully saturated rings. The third kappa shape index (κ3) is 8.33. The zero-order chi connectivity index (χ0) is 14.3. The number of carbonyl (C=O) groups excluding carboxylic acids is 1. The fourth-order valence-electron chi connectivity index (χ4n) is 1.53. The number of nitrogens with one attached hydrogen (secondary N) is 1. The van der Waals surface area contributed by atoms with E-state index in [4.69, 9.17) is 10.5 Å². The quantitative estimate of drug-likeness (QED) is 0.608. The second-order valence-corrected chi connectivity index (χ2v) is 4.81. The molecule has 0 aliphatic heterocycles. The Hall–Kier alpha value is -0.876. The average molecular weight is 314 g/mol. The van der Waals surface area contributed by atoms with Crippen molar-refractivity contribution in [3.63, 3.8) is 0 Å². The van der Waals surface area contributed by atoms with Crippen molar-refractivity contribution in [2.24, 2.45) is 5.73 Å². The van der Waals surface area contributed by atoms with Gasteiger partial charge in [-0.1, -0.05) is 26.0 Å². The first-order valence-electron chi connectivity index (χ1n) is 6.39. The van der Waals surface area contributed by atoms with Gasteiger partial charge in [-0.15, -0.1) is 0 Å². The normalized spacial score (nSPS) is 11.8. The summed E-state index contributed by atoms with van der Waals surface area (Å²) in [5.41, 5.74) is 5.96. The molecule has 110 valence electrons. The van der Waals surface area contributed by atoms with Crippen LogP contribution in [0.3, 0.4) is 0 Å². The van der Waals surface area contributed by atoms with Gasteiger partial charge < -0.3 is 20.9 Å². The molecule has 0 aliphatic carbocycles. The summed E-state index contributed by atoms with van der Waals surface area (Å²) >= 11 is 0. The Morgan fingerprint density at radius 1 is 1.35 bits per heavy atom. The monoisotopic (exact) mass is 314 g/mol. The fraction of sp³-hybridized carbons (Fsp3) is 0.500. The molecule has 1 rings (SSSR count). The van der Waals surface area contributed by atoms with Crippen LogP contribution in [0, 0.1) is 0 Å². The number of rotatable bonds is 8. The number of aliphatic hydroxyl groups excluding tert-OH is 1. The molecule has 5 nitrogen and oxygen atoms in total. The molecule has 6 heteroatoms. The van der Waals surface area contributed by atoms with Crippen LogP contribution in [-0.4, -0.2) is 36.3 Å². The molecule has 0 aliphatic rings. The summed E-state index contributed by atoms with van der Waals surface area (Å²) in [4.78, 5) is 10.7. The first-order valence-corrected chi connectivity index (χ1v) is 6.39. The second-order valence-electron chi connectivity index (χ2n) is 4.81. The van der Waals surface area contributed by atoms with E-state index in [2.05, 4.69) is 5.32 Å². The van der Waals surface area contributed by atoms with Crippen molar-refractivity contribution >= 4 is 5.91 Å². The van der Waals surface area contributed by atoms with Crippen molar-refractivity contribution in [2.45, 2.75) is 32.4 Å². The van der Waals surface area contributed by atoms with E-state index in [9.17, 15) is 9.90 Å². The minimum atomic E-state index is -0.548. The minimum absolute atomic E-state index is 0. The molecule has 0 aromatic heterocycles. The van der Waals surface area contributed by atoms with Crippen molar-refractivity contribution in [3.8, 4) is 5.75 Å². The molecule has 1 aromatic carbocycles. The van der Waals surface area contributed by atoms with Crippen LogP contribution in [0.5, 0.6) is 5.75 Å². The molecule has 4 N–H and O–H groups in total. The van der Waals surface area contributed by atoms with E-state index in [1.54, 1.807) is 24.3 Å². The predicted octanol–water partition coefficient (Wildman–Crippen LogP) is 0.450. The van der Waals surface area contributed by atoms with E-state index >= 15 is 0 Å². The van der Waals surface area contributed by atoms with Gasteiger partial charge in [0, 0.05) is 34.3 Å². The maximum Gasteiger partial charge on any atom is 0.221 e. The average Bonchev–Trinajstić information content (AvgIpc) is 2.35. The summed E-state index contributed by atoms with van der Waals surface area (Å²) in [6, 6.07) is 7.45. The first kappa shape index (κ1) is 19.1. The maximum absolute atomic E-state index is 10.7. The summed E-state index contributed by atoms with van der Waals surface area (Å²) in [5.74, 6) is 0.306. The number of hydrogen-bond donors (Lipinski definition) is 3. The summed E-state index contributed by atoms with van der Waals surface area (Å²) in [5, 5.41) is 12.8. The van der Waals surface area contributed by atoms with Gasteiger partial charge in [0.1, 0.15) is 18.5 Å². The largest absolute Gasteiger partial charge is 0.491 e. The number of aliphatic hydroxyl groups is 1. The molecule has 0 radical (unpaired) electrons. The Morgan fingerprint density at radius 2 is 1.95 bits per heavy atom. The molecule has 0 bridgehead atoms. The third-order valence-corrected chi connectivity index (χ3v) is 2.51. The standard InChI is InChI=1S/C14H22N2O3.Ti/c1-10(2)16-8-12(17)9-19-13-5-3-11(4-6-13)7-14(15)18;/h3-6,10,12,16-17H,7-9H2,1-2H3,(H2,15,18);. The molecule has 20 heavy (non-hydrogen) atoms. The van der Waals surface area contributed by atoms with Gasteiger partial charge >= 0.3 is 0 Å². The zero-order valence-corrected chi connectivity index (χ0v) is 13.5. The Morgan fingerprint density at radius 3 is 2.45 bits per heavy atom. The summed E-state index contributed by atoms with van der Waals surface area (Å²) < 4.78 is 5.45. The van der Waals surface area contributed by atoms with Gasteiger partial charge in [0.15, 0.2) is 0 Å². The predicted molar refractivity (Wildman–Crippen MR) is 74.0 cm³/mol. The van der Waals surface area contributed by atoms with Crippen LogP contribution in [0.4, 0.5) is 0 Å². The number of nitrogens with two attached hydrogens (primary N) is 1. The molecule has 0 heterocycles. The van der Waals surface area contributed by atoms with Crippen molar-refractivity contribution in [3.05, 3.63) is 29.8 Å². The SMILES string of the molecule is CC(C)NCC(O)COc1ccc(CC(N)=O)cc1.[Ti]. The number of ether oxygens (including phenoxy) is 1. The zero-order valence-electron chi connectivity index (χ0n) is 11.9. The van der Waals surface area contributed by atoms with Crippen LogP contribution in [0.25, 0.3) is 0 Å². The number of benzene rings is 1. The van der Waals surface area contributed by atoms with Crippen LogP contribution in [0.15, 0.2) is 24.3 Å². The molecular formula is C14H22N2O3Ti. The minimum Gasteiger partial charge on any atom is -0.491 e. The van der Waals surface area contributed by atoms with Gasteiger partial charge in [0.25, 0.3) is 0 Å². The number of carbonyl (C=O) groups is 1. The van der Waals surface area contributed by atoms with E-state index in [1.165, 1.54) is 0 Å². The van der Waals surface area contributed by atoms with Crippen molar-refractivity contribution in [1.82, 2.24) is 5.32 Å². The van der Waals surface area contributed by atoms with Crippen LogP contribution >= 0.6 is 0 Å². The molecule has 0 saturated carbocycles. The van der Waals surface area contributed by atoms with Crippen molar-refractivity contribution in [2.75, 3.05) is 13.2 Å². The van der Waals surface area contributed by atoms with E-state index in [-0.39, 0.29) is 40.7 Å². The number of amides is 1. The van der Waals surface area contributed by atoms with Crippen LogP contribution in [0.1, 0.15) is 19.4 Å². The first-order chi connectivity index (χ1) is 8.97. The number of primary amides is 1. The van der Waals surface area contributed by atoms with Gasteiger partial charge in [-0.25, -0.2) is 0 Å². The Labute approximate surface area is 134 Å². The maximum atomic E-state index is 10.7. The van der Waals surface area contributed by atoms with Gasteiger partial charge in [-0.3, -0.25) is 4.79 Å². The van der Waals surface area contributed by atoms with Crippen molar-refractivity contribution in [1.29, 1.82) is 0 Å². The van der Waals surface area contributed by atoms with E-state index in [0.717, 1.165) is 5.56 Å². The summed E-state index contributed by atoms with van der Waals surface area (Å²) in [7, 11) is 0. The van der Waals surface area contributed by atoms with Gasteiger partial charge in [0.05, 0.1) is 6.42 Å². The number of hydrogen-bond acceptors (Lipinski definition) is 4. The van der Waals surface area contributed by atoms with E-state index in [1.807, 2.05) is 13.8 Å². The topological polar surface area (TPSA) is 84.6 Å². The van der Waals surface area contributed by atoms with Crippen LogP contribution in [-0.2, 0) is 32.9 Å². The smallest absolute Gasteiger partial charge is 0.221 e. The molecule has 0 spiro atoms. The van der Waals surface area contributed by atoms with E-state index in [0.29, 0.717) is 18.3 Å². The fourth-order valence-corrected chi connectivity index (χ4v) is 1.53. The van der Waals surface area contributed by atoms with Gasteiger partial charge in [-0.2, -0.15) is 0 Å². The van der Waals surface area contributed by atoms with Crippen LogP contribution in [0.2, 0.25) is 0 Å². The Balaban J connectivity index is 0.00000361. The van der Waals surface area contributed by atoms with Gasteiger partial charge in [0.2, 0.25) is 5.91 Å². The molecule has 1 aromatic rings. The second kappa shape index (κ2) is 9.94.